The van der Waals surface area contributed by atoms with E-state index in [1.54, 1.807) is 6.92 Å². The van der Waals surface area contributed by atoms with Gasteiger partial charge in [0.25, 0.3) is 0 Å². The molecule has 2 fully saturated rings. The van der Waals surface area contributed by atoms with Crippen LogP contribution in [0.25, 0.3) is 0 Å². The average molecular weight is 335 g/mol. The van der Waals surface area contributed by atoms with Crippen LogP contribution < -0.4 is 0 Å². The van der Waals surface area contributed by atoms with Gasteiger partial charge in [0.15, 0.2) is 0 Å². The molecule has 1 aromatic heterocycles. The average Bonchev–Trinajstić information content (AvgIpc) is 3.04. The summed E-state index contributed by atoms with van der Waals surface area (Å²) < 4.78 is 0. The first kappa shape index (κ1) is 16.3. The Bertz CT molecular complexity index is 733. The van der Waals surface area contributed by atoms with E-state index >= 15 is 0 Å². The SMILES string of the molecule is CC(=O)N1CCC2(c3ccccc3)CCN(Cc3ccccn3)CC12. The maximum Gasteiger partial charge on any atom is 0.219 e. The summed E-state index contributed by atoms with van der Waals surface area (Å²) in [6.45, 7) is 5.40. The maximum absolute atomic E-state index is 12.2. The number of likely N-dealkylation sites (tertiary alicyclic amines) is 2. The van der Waals surface area contributed by atoms with Crippen LogP contribution in [-0.2, 0) is 16.8 Å². The molecule has 2 atom stereocenters. The van der Waals surface area contributed by atoms with E-state index in [0.717, 1.165) is 44.7 Å². The lowest BCUT2D eigenvalue weighted by atomic mass is 9.69. The molecular weight excluding hydrogens is 310 g/mol. The van der Waals surface area contributed by atoms with Crippen LogP contribution in [-0.4, -0.2) is 46.4 Å². The van der Waals surface area contributed by atoms with Gasteiger partial charge in [-0.2, -0.15) is 0 Å². The molecule has 2 aliphatic heterocycles. The lowest BCUT2D eigenvalue weighted by Gasteiger charge is -2.46. The molecule has 2 aromatic rings. The van der Waals surface area contributed by atoms with Crippen LogP contribution in [0.5, 0.6) is 0 Å². The van der Waals surface area contributed by atoms with Crippen LogP contribution in [0.1, 0.15) is 31.0 Å². The summed E-state index contributed by atoms with van der Waals surface area (Å²) in [5, 5.41) is 0. The summed E-state index contributed by atoms with van der Waals surface area (Å²) in [4.78, 5) is 21.2. The molecule has 25 heavy (non-hydrogen) atoms. The zero-order valence-electron chi connectivity index (χ0n) is 14.8. The van der Waals surface area contributed by atoms with Crippen LogP contribution in [0.15, 0.2) is 54.7 Å². The van der Waals surface area contributed by atoms with Crippen LogP contribution in [0, 0.1) is 0 Å². The lowest BCUT2D eigenvalue weighted by Crippen LogP contribution is -2.56. The molecule has 0 saturated carbocycles. The molecule has 1 amide bonds. The number of rotatable bonds is 3. The summed E-state index contributed by atoms with van der Waals surface area (Å²) in [6, 6.07) is 17.1. The Hall–Kier alpha value is -2.20. The van der Waals surface area contributed by atoms with Crippen molar-refractivity contribution in [2.75, 3.05) is 19.6 Å². The molecule has 3 heterocycles. The number of hydrogen-bond acceptors (Lipinski definition) is 3. The van der Waals surface area contributed by atoms with E-state index < -0.39 is 0 Å². The number of carbonyl (C=O) groups excluding carboxylic acids is 1. The summed E-state index contributed by atoms with van der Waals surface area (Å²) in [7, 11) is 0. The number of hydrogen-bond donors (Lipinski definition) is 0. The van der Waals surface area contributed by atoms with Crippen molar-refractivity contribution < 1.29 is 4.79 Å². The van der Waals surface area contributed by atoms with Crippen LogP contribution >= 0.6 is 0 Å². The fourth-order valence-electron chi connectivity index (χ4n) is 4.69. The molecule has 2 unspecified atom stereocenters. The molecule has 4 nitrogen and oxygen atoms in total. The fraction of sp³-hybridized carbons (Fsp3) is 0.429. The van der Waals surface area contributed by atoms with Gasteiger partial charge in [-0.25, -0.2) is 0 Å². The quantitative estimate of drug-likeness (QED) is 0.865. The Kier molecular flexibility index (Phi) is 4.30. The second-order valence-corrected chi connectivity index (χ2v) is 7.31. The van der Waals surface area contributed by atoms with Crippen LogP contribution in [0.4, 0.5) is 0 Å². The molecule has 0 spiro atoms. The zero-order valence-corrected chi connectivity index (χ0v) is 14.8. The number of amides is 1. The monoisotopic (exact) mass is 335 g/mol. The van der Waals surface area contributed by atoms with Gasteiger partial charge in [-0.05, 0) is 37.1 Å². The first-order valence-corrected chi connectivity index (χ1v) is 9.14. The number of aromatic nitrogens is 1. The minimum absolute atomic E-state index is 0.105. The third-order valence-corrected chi connectivity index (χ3v) is 5.98. The number of benzene rings is 1. The second kappa shape index (κ2) is 6.60. The van der Waals surface area contributed by atoms with Gasteiger partial charge in [-0.1, -0.05) is 36.4 Å². The van der Waals surface area contributed by atoms with Crippen molar-refractivity contribution in [2.45, 2.75) is 37.8 Å². The van der Waals surface area contributed by atoms with Crippen molar-refractivity contribution in [1.29, 1.82) is 0 Å². The van der Waals surface area contributed by atoms with E-state index in [9.17, 15) is 4.79 Å². The molecule has 2 saturated heterocycles. The van der Waals surface area contributed by atoms with E-state index in [0.29, 0.717) is 0 Å². The van der Waals surface area contributed by atoms with E-state index in [2.05, 4.69) is 51.2 Å². The molecule has 0 N–H and O–H groups in total. The number of fused-ring (bicyclic) bond motifs is 1. The Morgan fingerprint density at radius 3 is 2.60 bits per heavy atom. The zero-order chi connectivity index (χ0) is 17.3. The number of nitrogens with zero attached hydrogens (tertiary/aromatic N) is 3. The fourth-order valence-corrected chi connectivity index (χ4v) is 4.69. The molecule has 0 radical (unpaired) electrons. The number of piperidine rings is 1. The third-order valence-electron chi connectivity index (χ3n) is 5.98. The number of carbonyl (C=O) groups is 1. The highest BCUT2D eigenvalue weighted by molar-refractivity contribution is 5.74. The van der Waals surface area contributed by atoms with Gasteiger partial charge in [-0.15, -0.1) is 0 Å². The van der Waals surface area contributed by atoms with Crippen LogP contribution in [0.3, 0.4) is 0 Å². The van der Waals surface area contributed by atoms with Gasteiger partial charge in [-0.3, -0.25) is 14.7 Å². The van der Waals surface area contributed by atoms with Gasteiger partial charge in [0.2, 0.25) is 5.91 Å². The topological polar surface area (TPSA) is 36.4 Å². The molecule has 1 aromatic carbocycles. The summed E-state index contributed by atoms with van der Waals surface area (Å²) in [6.07, 6.45) is 4.02. The Morgan fingerprint density at radius 2 is 1.88 bits per heavy atom. The molecule has 4 rings (SSSR count). The molecule has 0 bridgehead atoms. The lowest BCUT2D eigenvalue weighted by molar-refractivity contribution is -0.131. The van der Waals surface area contributed by atoms with Crippen molar-refractivity contribution in [2.24, 2.45) is 0 Å². The van der Waals surface area contributed by atoms with Crippen molar-refractivity contribution in [3.05, 3.63) is 66.0 Å². The van der Waals surface area contributed by atoms with E-state index in [4.69, 9.17) is 0 Å². The van der Waals surface area contributed by atoms with E-state index in [1.165, 1.54) is 5.56 Å². The number of pyridine rings is 1. The molecule has 2 aliphatic rings. The molecule has 0 aliphatic carbocycles. The van der Waals surface area contributed by atoms with Gasteiger partial charge in [0, 0.05) is 38.2 Å². The standard InChI is InChI=1S/C21H25N3O/c1-17(25)24-14-11-21(18-7-3-2-4-8-18)10-13-23(16-20(21)24)15-19-9-5-6-12-22-19/h2-9,12,20H,10-11,13-16H2,1H3. The Balaban J connectivity index is 1.61. The van der Waals surface area contributed by atoms with Crippen molar-refractivity contribution in [1.82, 2.24) is 14.8 Å². The summed E-state index contributed by atoms with van der Waals surface area (Å²) in [5.74, 6) is 0.197. The molecule has 4 heteroatoms. The summed E-state index contributed by atoms with van der Waals surface area (Å²) >= 11 is 0. The van der Waals surface area contributed by atoms with Gasteiger partial charge in [0.05, 0.1) is 11.7 Å². The largest absolute Gasteiger partial charge is 0.338 e. The summed E-state index contributed by atoms with van der Waals surface area (Å²) in [5.41, 5.74) is 2.59. The second-order valence-electron chi connectivity index (χ2n) is 7.31. The molecule has 130 valence electrons. The minimum Gasteiger partial charge on any atom is -0.338 e. The van der Waals surface area contributed by atoms with Gasteiger partial charge >= 0.3 is 0 Å². The van der Waals surface area contributed by atoms with E-state index in [1.807, 2.05) is 18.3 Å². The Morgan fingerprint density at radius 1 is 1.12 bits per heavy atom. The predicted molar refractivity (Wildman–Crippen MR) is 98.0 cm³/mol. The maximum atomic E-state index is 12.2. The van der Waals surface area contributed by atoms with Gasteiger partial charge < -0.3 is 4.90 Å². The third kappa shape index (κ3) is 2.95. The molecular formula is C21H25N3O. The normalized spacial score (nSPS) is 26.4. The highest BCUT2D eigenvalue weighted by atomic mass is 16.2. The first-order valence-electron chi connectivity index (χ1n) is 9.14. The van der Waals surface area contributed by atoms with Crippen molar-refractivity contribution >= 4 is 5.91 Å². The van der Waals surface area contributed by atoms with Gasteiger partial charge in [0.1, 0.15) is 0 Å². The Labute approximate surface area is 149 Å². The van der Waals surface area contributed by atoms with E-state index in [-0.39, 0.29) is 17.4 Å². The highest BCUT2D eigenvalue weighted by Crippen LogP contribution is 2.45. The predicted octanol–water partition coefficient (Wildman–Crippen LogP) is 2.85. The smallest absolute Gasteiger partial charge is 0.219 e. The highest BCUT2D eigenvalue weighted by Gasteiger charge is 2.51. The van der Waals surface area contributed by atoms with Crippen molar-refractivity contribution in [3.8, 4) is 0 Å². The minimum atomic E-state index is 0.105. The van der Waals surface area contributed by atoms with Crippen molar-refractivity contribution in [3.63, 3.8) is 0 Å². The first-order chi connectivity index (χ1) is 12.2. The van der Waals surface area contributed by atoms with Crippen LogP contribution in [0.2, 0.25) is 0 Å².